The van der Waals surface area contributed by atoms with Gasteiger partial charge in [0, 0.05) is 25.8 Å². The number of hydrogen-bond acceptors (Lipinski definition) is 4. The Bertz CT molecular complexity index is 926. The summed E-state index contributed by atoms with van der Waals surface area (Å²) in [5, 5.41) is 2.42. The fourth-order valence-corrected chi connectivity index (χ4v) is 3.88. The highest BCUT2D eigenvalue weighted by Gasteiger charge is 2.54. The summed E-state index contributed by atoms with van der Waals surface area (Å²) in [7, 11) is 0. The van der Waals surface area contributed by atoms with Crippen LogP contribution in [0.2, 0.25) is 0 Å². The van der Waals surface area contributed by atoms with Crippen molar-refractivity contribution in [3.63, 3.8) is 0 Å². The predicted octanol–water partition coefficient (Wildman–Crippen LogP) is 1.95. The number of benzene rings is 1. The number of hydrogen-bond donors (Lipinski definition) is 1. The van der Waals surface area contributed by atoms with Crippen LogP contribution in [0.25, 0.3) is 0 Å². The Kier molecular flexibility index (Phi) is 4.54. The van der Waals surface area contributed by atoms with Crippen LogP contribution in [0.15, 0.2) is 48.8 Å². The minimum Gasteiger partial charge on any atom is -0.338 e. The molecule has 4 amide bonds. The van der Waals surface area contributed by atoms with E-state index in [9.17, 15) is 18.8 Å². The molecule has 1 N–H and O–H groups in total. The summed E-state index contributed by atoms with van der Waals surface area (Å²) in [5.41, 5.74) is 0.129. The predicted molar refractivity (Wildman–Crippen MR) is 97.6 cm³/mol. The molecule has 1 aromatic heterocycles. The molecule has 0 saturated carbocycles. The number of urea groups is 1. The lowest BCUT2D eigenvalue weighted by atomic mass is 9.85. The standard InChI is InChI=1S/C20H19FN4O3/c21-16-10-15(11-22-12-16)17(26)24-8-6-20(7-9-24)18(27)23-19(28)25(20)13-14-4-2-1-3-5-14/h1-5,10-12H,6-9,13H2,(H,23,27,28). The van der Waals surface area contributed by atoms with E-state index in [1.807, 2.05) is 30.3 Å². The van der Waals surface area contributed by atoms with E-state index >= 15 is 0 Å². The van der Waals surface area contributed by atoms with Gasteiger partial charge in [-0.2, -0.15) is 0 Å². The van der Waals surface area contributed by atoms with E-state index < -0.39 is 17.4 Å². The van der Waals surface area contributed by atoms with Crippen molar-refractivity contribution in [2.45, 2.75) is 24.9 Å². The molecule has 1 spiro atoms. The molecule has 0 atom stereocenters. The normalized spacial score (nSPS) is 18.5. The van der Waals surface area contributed by atoms with Gasteiger partial charge >= 0.3 is 6.03 Å². The number of nitrogens with zero attached hydrogens (tertiary/aromatic N) is 3. The van der Waals surface area contributed by atoms with E-state index in [-0.39, 0.29) is 17.4 Å². The van der Waals surface area contributed by atoms with Crippen LogP contribution >= 0.6 is 0 Å². The van der Waals surface area contributed by atoms with Crippen molar-refractivity contribution < 1.29 is 18.8 Å². The van der Waals surface area contributed by atoms with E-state index in [0.29, 0.717) is 32.5 Å². The van der Waals surface area contributed by atoms with Crippen molar-refractivity contribution in [2.75, 3.05) is 13.1 Å². The molecule has 2 saturated heterocycles. The summed E-state index contributed by atoms with van der Waals surface area (Å²) in [6, 6.07) is 10.2. The first-order chi connectivity index (χ1) is 13.5. The molecule has 0 radical (unpaired) electrons. The SMILES string of the molecule is O=C(c1cncc(F)c1)N1CCC2(CC1)C(=O)NC(=O)N2Cc1ccccc1. The minimum absolute atomic E-state index is 0.170. The number of carbonyl (C=O) groups excluding carboxylic acids is 3. The molecular formula is C20H19FN4O3. The number of nitrogens with one attached hydrogen (secondary N) is 1. The van der Waals surface area contributed by atoms with Gasteiger partial charge in [-0.3, -0.25) is 19.9 Å². The van der Waals surface area contributed by atoms with Gasteiger partial charge in [0.1, 0.15) is 11.4 Å². The Morgan fingerprint density at radius 2 is 1.86 bits per heavy atom. The summed E-state index contributed by atoms with van der Waals surface area (Å²) in [6.07, 6.45) is 3.01. The van der Waals surface area contributed by atoms with Gasteiger partial charge < -0.3 is 9.80 Å². The zero-order valence-corrected chi connectivity index (χ0v) is 15.1. The van der Waals surface area contributed by atoms with Crippen molar-refractivity contribution in [1.29, 1.82) is 0 Å². The average molecular weight is 382 g/mol. The topological polar surface area (TPSA) is 82.6 Å². The number of pyridine rings is 1. The number of carbonyl (C=O) groups is 3. The number of rotatable bonds is 3. The molecular weight excluding hydrogens is 363 g/mol. The molecule has 2 aliphatic rings. The summed E-state index contributed by atoms with van der Waals surface area (Å²) in [5.74, 6) is -1.23. The Morgan fingerprint density at radius 1 is 1.14 bits per heavy atom. The maximum Gasteiger partial charge on any atom is 0.325 e. The van der Waals surface area contributed by atoms with Gasteiger partial charge in [-0.1, -0.05) is 30.3 Å². The van der Waals surface area contributed by atoms with Gasteiger partial charge in [0.25, 0.3) is 11.8 Å². The fourth-order valence-electron chi connectivity index (χ4n) is 3.88. The molecule has 0 aliphatic carbocycles. The highest BCUT2D eigenvalue weighted by molar-refractivity contribution is 6.07. The maximum atomic E-state index is 13.4. The summed E-state index contributed by atoms with van der Waals surface area (Å²) >= 11 is 0. The molecule has 3 heterocycles. The second-order valence-corrected chi connectivity index (χ2v) is 7.05. The Hall–Kier alpha value is -3.29. The van der Waals surface area contributed by atoms with Crippen LogP contribution in [0.4, 0.5) is 9.18 Å². The van der Waals surface area contributed by atoms with Crippen LogP contribution < -0.4 is 5.32 Å². The monoisotopic (exact) mass is 382 g/mol. The van der Waals surface area contributed by atoms with Crippen LogP contribution in [0, 0.1) is 5.82 Å². The average Bonchev–Trinajstić information content (AvgIpc) is 2.93. The Morgan fingerprint density at radius 3 is 2.54 bits per heavy atom. The lowest BCUT2D eigenvalue weighted by molar-refractivity contribution is -0.129. The molecule has 7 nitrogen and oxygen atoms in total. The van der Waals surface area contributed by atoms with Gasteiger partial charge in [-0.05, 0) is 24.5 Å². The summed E-state index contributed by atoms with van der Waals surface area (Å²) in [4.78, 5) is 44.5. The minimum atomic E-state index is -0.968. The largest absolute Gasteiger partial charge is 0.338 e. The first kappa shape index (κ1) is 18.1. The number of aromatic nitrogens is 1. The van der Waals surface area contributed by atoms with Gasteiger partial charge in [0.15, 0.2) is 0 Å². The van der Waals surface area contributed by atoms with Crippen molar-refractivity contribution in [2.24, 2.45) is 0 Å². The molecule has 2 fully saturated rings. The molecule has 8 heteroatoms. The molecule has 0 unspecified atom stereocenters. The third-order valence-corrected chi connectivity index (χ3v) is 5.42. The Balaban J connectivity index is 1.51. The number of piperidine rings is 1. The van der Waals surface area contributed by atoms with E-state index in [1.165, 1.54) is 6.20 Å². The van der Waals surface area contributed by atoms with Crippen molar-refractivity contribution in [3.05, 3.63) is 65.7 Å². The van der Waals surface area contributed by atoms with Crippen LogP contribution in [-0.4, -0.2) is 51.3 Å². The molecule has 2 aromatic rings. The summed E-state index contributed by atoms with van der Waals surface area (Å²) < 4.78 is 13.4. The smallest absolute Gasteiger partial charge is 0.325 e. The first-order valence-electron chi connectivity index (χ1n) is 9.06. The van der Waals surface area contributed by atoms with Crippen LogP contribution in [-0.2, 0) is 11.3 Å². The van der Waals surface area contributed by atoms with Crippen molar-refractivity contribution >= 4 is 17.8 Å². The van der Waals surface area contributed by atoms with E-state index in [0.717, 1.165) is 17.8 Å². The van der Waals surface area contributed by atoms with Crippen molar-refractivity contribution in [3.8, 4) is 0 Å². The third-order valence-electron chi connectivity index (χ3n) is 5.42. The van der Waals surface area contributed by atoms with Gasteiger partial charge in [-0.15, -0.1) is 0 Å². The third kappa shape index (κ3) is 3.11. The molecule has 144 valence electrons. The number of imide groups is 1. The number of amides is 4. The zero-order chi connectivity index (χ0) is 19.7. The number of halogens is 1. The lowest BCUT2D eigenvalue weighted by Crippen LogP contribution is -2.57. The van der Waals surface area contributed by atoms with E-state index in [1.54, 1.807) is 9.80 Å². The summed E-state index contributed by atoms with van der Waals surface area (Å²) in [6.45, 7) is 0.906. The first-order valence-corrected chi connectivity index (χ1v) is 9.06. The van der Waals surface area contributed by atoms with Crippen LogP contribution in [0.5, 0.6) is 0 Å². The molecule has 0 bridgehead atoms. The van der Waals surface area contributed by atoms with Crippen LogP contribution in [0.1, 0.15) is 28.8 Å². The quantitative estimate of drug-likeness (QED) is 0.823. The highest BCUT2D eigenvalue weighted by atomic mass is 19.1. The van der Waals surface area contributed by atoms with Gasteiger partial charge in [0.2, 0.25) is 0 Å². The molecule has 28 heavy (non-hydrogen) atoms. The number of likely N-dealkylation sites (tertiary alicyclic amines) is 1. The van der Waals surface area contributed by atoms with Crippen molar-refractivity contribution in [1.82, 2.24) is 20.1 Å². The second kappa shape index (κ2) is 7.03. The molecule has 4 rings (SSSR count). The van der Waals surface area contributed by atoms with E-state index in [4.69, 9.17) is 0 Å². The molecule has 2 aliphatic heterocycles. The highest BCUT2D eigenvalue weighted by Crippen LogP contribution is 2.35. The maximum absolute atomic E-state index is 13.4. The van der Waals surface area contributed by atoms with Crippen LogP contribution in [0.3, 0.4) is 0 Å². The molecule has 1 aromatic carbocycles. The zero-order valence-electron chi connectivity index (χ0n) is 15.1. The van der Waals surface area contributed by atoms with Gasteiger partial charge in [-0.25, -0.2) is 9.18 Å². The fraction of sp³-hybridized carbons (Fsp3) is 0.300. The van der Waals surface area contributed by atoms with E-state index in [2.05, 4.69) is 10.3 Å². The second-order valence-electron chi connectivity index (χ2n) is 7.05. The Labute approximate surface area is 161 Å². The van der Waals surface area contributed by atoms with Gasteiger partial charge in [0.05, 0.1) is 11.8 Å². The lowest BCUT2D eigenvalue weighted by Gasteiger charge is -2.42.